The maximum absolute atomic E-state index is 4.85. The van der Waals surface area contributed by atoms with Gasteiger partial charge in [0.2, 0.25) is 0 Å². The monoisotopic (exact) mass is 402 g/mol. The van der Waals surface area contributed by atoms with Crippen LogP contribution in [0.2, 0.25) is 0 Å². The highest BCUT2D eigenvalue weighted by molar-refractivity contribution is 5.81. The maximum Gasteiger partial charge on any atom is 0.0702 e. The molecule has 0 N–H and O–H groups in total. The zero-order chi connectivity index (χ0) is 21.2. The number of pyridine rings is 2. The first-order valence-corrected chi connectivity index (χ1v) is 10.3. The smallest absolute Gasteiger partial charge is 0.0702 e. The molecule has 0 aliphatic carbocycles. The molecule has 0 bridgehead atoms. The number of rotatable bonds is 4. The van der Waals surface area contributed by atoms with Gasteiger partial charge in [0.05, 0.1) is 22.8 Å². The van der Waals surface area contributed by atoms with Gasteiger partial charge in [-0.1, -0.05) is 30.3 Å². The van der Waals surface area contributed by atoms with Crippen molar-refractivity contribution in [3.05, 3.63) is 109 Å². The predicted octanol–water partition coefficient (Wildman–Crippen LogP) is 6.28. The second-order valence-electron chi connectivity index (χ2n) is 7.52. The second-order valence-corrected chi connectivity index (χ2v) is 7.52. The molecule has 0 aliphatic rings. The summed E-state index contributed by atoms with van der Waals surface area (Å²) in [5.41, 5.74) is 9.40. The first kappa shape index (κ1) is 18.9. The summed E-state index contributed by atoms with van der Waals surface area (Å²) >= 11 is 0. The van der Waals surface area contributed by atoms with Crippen LogP contribution in [0.15, 0.2) is 97.3 Å². The topological polar surface area (TPSA) is 43.6 Å². The van der Waals surface area contributed by atoms with Crippen molar-refractivity contribution < 1.29 is 0 Å². The van der Waals surface area contributed by atoms with Crippen molar-refractivity contribution in [1.82, 2.24) is 19.7 Å². The van der Waals surface area contributed by atoms with Gasteiger partial charge in [0, 0.05) is 34.8 Å². The standard InChI is InChI=1S/C27H22N4/c1-19-27(20(2)31(30-19)24-10-4-3-5-11-24)23-17-21(25-12-6-8-14-28-25)16-22(18-23)26-13-7-9-15-29-26/h3-18H,1-2H3. The summed E-state index contributed by atoms with van der Waals surface area (Å²) in [4.78, 5) is 9.15. The SMILES string of the molecule is Cc1nn(-c2ccccc2)c(C)c1-c1cc(-c2ccccn2)cc(-c2ccccn2)c1. The van der Waals surface area contributed by atoms with Crippen LogP contribution in [0.5, 0.6) is 0 Å². The Balaban J connectivity index is 1.72. The van der Waals surface area contributed by atoms with Crippen molar-refractivity contribution in [2.24, 2.45) is 0 Å². The second kappa shape index (κ2) is 8.00. The fourth-order valence-corrected chi connectivity index (χ4v) is 4.02. The number of aryl methyl sites for hydroxylation is 1. The lowest BCUT2D eigenvalue weighted by Crippen LogP contribution is -1.98. The Labute approximate surface area is 181 Å². The molecular weight excluding hydrogens is 380 g/mol. The van der Waals surface area contributed by atoms with Crippen LogP contribution in [-0.4, -0.2) is 19.7 Å². The third-order valence-electron chi connectivity index (χ3n) is 5.44. The Morgan fingerprint density at radius 2 is 1.16 bits per heavy atom. The van der Waals surface area contributed by atoms with Gasteiger partial charge in [-0.2, -0.15) is 5.10 Å². The van der Waals surface area contributed by atoms with Gasteiger partial charge >= 0.3 is 0 Å². The van der Waals surface area contributed by atoms with Crippen molar-refractivity contribution in [1.29, 1.82) is 0 Å². The van der Waals surface area contributed by atoms with Gasteiger partial charge in [-0.15, -0.1) is 0 Å². The zero-order valence-electron chi connectivity index (χ0n) is 17.5. The van der Waals surface area contributed by atoms with Gasteiger partial charge in [-0.3, -0.25) is 9.97 Å². The van der Waals surface area contributed by atoms with Crippen LogP contribution in [0, 0.1) is 13.8 Å². The van der Waals surface area contributed by atoms with E-state index in [1.54, 1.807) is 0 Å². The third kappa shape index (κ3) is 3.64. The molecule has 4 nitrogen and oxygen atoms in total. The first-order chi connectivity index (χ1) is 15.2. The van der Waals surface area contributed by atoms with Crippen LogP contribution < -0.4 is 0 Å². The van der Waals surface area contributed by atoms with Crippen molar-refractivity contribution in [2.75, 3.05) is 0 Å². The van der Waals surface area contributed by atoms with Crippen LogP contribution in [0.4, 0.5) is 0 Å². The van der Waals surface area contributed by atoms with Gasteiger partial charge in [0.1, 0.15) is 0 Å². The van der Waals surface area contributed by atoms with E-state index in [-0.39, 0.29) is 0 Å². The minimum absolute atomic E-state index is 0.937. The molecule has 150 valence electrons. The van der Waals surface area contributed by atoms with Crippen LogP contribution in [-0.2, 0) is 0 Å². The molecule has 0 spiro atoms. The van der Waals surface area contributed by atoms with Gasteiger partial charge in [0.25, 0.3) is 0 Å². The molecule has 0 saturated carbocycles. The first-order valence-electron chi connectivity index (χ1n) is 10.3. The molecule has 5 rings (SSSR count). The summed E-state index contributed by atoms with van der Waals surface area (Å²) in [5.74, 6) is 0. The summed E-state index contributed by atoms with van der Waals surface area (Å²) < 4.78 is 2.01. The van der Waals surface area contributed by atoms with Gasteiger partial charge in [0.15, 0.2) is 0 Å². The van der Waals surface area contributed by atoms with Crippen LogP contribution in [0.3, 0.4) is 0 Å². The lowest BCUT2D eigenvalue weighted by Gasteiger charge is -2.11. The molecule has 2 aromatic carbocycles. The predicted molar refractivity (Wildman–Crippen MR) is 125 cm³/mol. The molecule has 0 saturated heterocycles. The molecule has 3 aromatic heterocycles. The van der Waals surface area contributed by atoms with Crippen LogP contribution >= 0.6 is 0 Å². The molecule has 31 heavy (non-hydrogen) atoms. The van der Waals surface area contributed by atoms with Crippen LogP contribution in [0.1, 0.15) is 11.4 Å². The molecule has 0 atom stereocenters. The van der Waals surface area contributed by atoms with E-state index in [0.29, 0.717) is 0 Å². The minimum Gasteiger partial charge on any atom is -0.256 e. The molecule has 0 radical (unpaired) electrons. The quantitative estimate of drug-likeness (QED) is 0.355. The zero-order valence-corrected chi connectivity index (χ0v) is 17.5. The maximum atomic E-state index is 4.85. The van der Waals surface area contributed by atoms with Crippen molar-refractivity contribution in [3.8, 4) is 39.3 Å². The molecule has 0 aliphatic heterocycles. The van der Waals surface area contributed by atoms with E-state index in [4.69, 9.17) is 5.10 Å². The van der Waals surface area contributed by atoms with Crippen molar-refractivity contribution >= 4 is 0 Å². The highest BCUT2D eigenvalue weighted by Crippen LogP contribution is 2.35. The summed E-state index contributed by atoms with van der Waals surface area (Å²) in [6, 6.07) is 28.8. The van der Waals surface area contributed by atoms with E-state index in [9.17, 15) is 0 Å². The average Bonchev–Trinajstić information content (AvgIpc) is 3.14. The summed E-state index contributed by atoms with van der Waals surface area (Å²) in [6.07, 6.45) is 3.65. The Bertz CT molecular complexity index is 1270. The Hall–Kier alpha value is -4.05. The Morgan fingerprint density at radius 3 is 1.71 bits per heavy atom. The number of hydrogen-bond donors (Lipinski definition) is 0. The average molecular weight is 403 g/mol. The number of para-hydroxylation sites is 1. The fourth-order valence-electron chi connectivity index (χ4n) is 4.02. The molecular formula is C27H22N4. The molecule has 4 heteroatoms. The van der Waals surface area contributed by atoms with E-state index in [2.05, 4.69) is 54.1 Å². The van der Waals surface area contributed by atoms with E-state index >= 15 is 0 Å². The van der Waals surface area contributed by atoms with Crippen LogP contribution in [0.25, 0.3) is 39.3 Å². The summed E-state index contributed by atoms with van der Waals surface area (Å²) in [6.45, 7) is 4.19. The number of aromatic nitrogens is 4. The fraction of sp³-hybridized carbons (Fsp3) is 0.0741. The number of hydrogen-bond acceptors (Lipinski definition) is 3. The van der Waals surface area contributed by atoms with Gasteiger partial charge < -0.3 is 0 Å². The number of benzene rings is 2. The number of nitrogens with zero attached hydrogens (tertiary/aromatic N) is 4. The summed E-state index contributed by atoms with van der Waals surface area (Å²) in [7, 11) is 0. The molecule has 3 heterocycles. The highest BCUT2D eigenvalue weighted by Gasteiger charge is 2.17. The summed E-state index contributed by atoms with van der Waals surface area (Å²) in [5, 5.41) is 4.85. The van der Waals surface area contributed by atoms with E-state index in [1.807, 2.05) is 71.7 Å². The highest BCUT2D eigenvalue weighted by atomic mass is 15.3. The van der Waals surface area contributed by atoms with Gasteiger partial charge in [-0.25, -0.2) is 4.68 Å². The van der Waals surface area contributed by atoms with E-state index in [0.717, 1.165) is 50.7 Å². The van der Waals surface area contributed by atoms with Crippen molar-refractivity contribution in [3.63, 3.8) is 0 Å². The minimum atomic E-state index is 0.937. The Morgan fingerprint density at radius 1 is 0.613 bits per heavy atom. The largest absolute Gasteiger partial charge is 0.256 e. The molecule has 5 aromatic rings. The molecule has 0 fully saturated rings. The molecule has 0 amide bonds. The molecule has 0 unspecified atom stereocenters. The normalized spacial score (nSPS) is 10.9. The van der Waals surface area contributed by atoms with E-state index < -0.39 is 0 Å². The lowest BCUT2D eigenvalue weighted by atomic mass is 9.95. The third-order valence-corrected chi connectivity index (χ3v) is 5.44. The Kier molecular flexibility index (Phi) is 4.89. The van der Waals surface area contributed by atoms with E-state index in [1.165, 1.54) is 0 Å². The lowest BCUT2D eigenvalue weighted by molar-refractivity contribution is 0.834. The van der Waals surface area contributed by atoms with Gasteiger partial charge in [-0.05, 0) is 74.0 Å². The van der Waals surface area contributed by atoms with Crippen molar-refractivity contribution in [2.45, 2.75) is 13.8 Å².